The number of methoxy groups -OCH3 is 2. The number of para-hydroxylation sites is 1. The maximum absolute atomic E-state index is 14.0. The van der Waals surface area contributed by atoms with Crippen LogP contribution >= 0.6 is 0 Å². The molecule has 220 valence electrons. The van der Waals surface area contributed by atoms with E-state index in [-0.39, 0.29) is 17.9 Å². The van der Waals surface area contributed by atoms with Gasteiger partial charge in [0.25, 0.3) is 0 Å². The number of hydrogen-bond donors (Lipinski definition) is 0. The molecule has 0 aliphatic carbocycles. The first-order chi connectivity index (χ1) is 21.1. The van der Waals surface area contributed by atoms with Crippen molar-refractivity contribution in [3.8, 4) is 11.5 Å². The number of rotatable bonds is 9. The average molecular weight is 574 g/mol. The Morgan fingerprint density at radius 1 is 0.721 bits per heavy atom. The number of hydrogen-bond acceptors (Lipinski definition) is 4. The van der Waals surface area contributed by atoms with E-state index < -0.39 is 0 Å². The first-order valence-electron chi connectivity index (χ1n) is 14.9. The maximum atomic E-state index is 14.0. The largest absolute Gasteiger partial charge is 0.493 e. The summed E-state index contributed by atoms with van der Waals surface area (Å²) in [6.07, 6.45) is 2.55. The van der Waals surface area contributed by atoms with Crippen LogP contribution in [0.25, 0.3) is 10.9 Å². The number of aryl methyl sites for hydroxylation is 1. The topological polar surface area (TPSA) is 46.9 Å². The van der Waals surface area contributed by atoms with Crippen molar-refractivity contribution in [2.45, 2.75) is 18.4 Å². The quantitative estimate of drug-likeness (QED) is 0.198. The number of nitrogens with zero attached hydrogens (tertiary/aromatic N) is 3. The lowest BCUT2D eigenvalue weighted by atomic mass is 9.87. The van der Waals surface area contributed by atoms with E-state index in [1.807, 2.05) is 17.0 Å². The van der Waals surface area contributed by atoms with Crippen molar-refractivity contribution in [2.75, 3.05) is 40.4 Å². The van der Waals surface area contributed by atoms with Gasteiger partial charge in [-0.25, -0.2) is 0 Å². The molecule has 1 aliphatic heterocycles. The van der Waals surface area contributed by atoms with Crippen LogP contribution in [0.4, 0.5) is 0 Å². The molecule has 1 aromatic heterocycles. The van der Waals surface area contributed by atoms with Crippen molar-refractivity contribution in [3.05, 3.63) is 132 Å². The van der Waals surface area contributed by atoms with Gasteiger partial charge < -0.3 is 18.9 Å². The van der Waals surface area contributed by atoms with E-state index >= 15 is 0 Å². The summed E-state index contributed by atoms with van der Waals surface area (Å²) in [5.41, 5.74) is 5.88. The highest BCUT2D eigenvalue weighted by atomic mass is 16.5. The highest BCUT2D eigenvalue weighted by Crippen LogP contribution is 2.39. The zero-order valence-electron chi connectivity index (χ0n) is 25.1. The number of piperazine rings is 1. The number of fused-ring (bicyclic) bond motifs is 1. The van der Waals surface area contributed by atoms with Crippen LogP contribution in [0.5, 0.6) is 11.5 Å². The predicted molar refractivity (Wildman–Crippen MR) is 172 cm³/mol. The molecule has 0 bridgehead atoms. The van der Waals surface area contributed by atoms with Crippen LogP contribution in [0.15, 0.2) is 109 Å². The SMILES string of the molecule is COc1ccc([C@H](CC(=O)N2CCN(C(c3ccccc3)c3ccccc3)CC2)c2cn(C)c3ccccc23)cc1OC. The lowest BCUT2D eigenvalue weighted by Gasteiger charge is -2.40. The van der Waals surface area contributed by atoms with Crippen LogP contribution in [-0.4, -0.2) is 60.7 Å². The Morgan fingerprint density at radius 3 is 1.95 bits per heavy atom. The lowest BCUT2D eigenvalue weighted by molar-refractivity contribution is -0.133. The van der Waals surface area contributed by atoms with Gasteiger partial charge in [-0.1, -0.05) is 84.9 Å². The van der Waals surface area contributed by atoms with Gasteiger partial charge in [-0.05, 0) is 40.5 Å². The van der Waals surface area contributed by atoms with E-state index in [9.17, 15) is 4.79 Å². The summed E-state index contributed by atoms with van der Waals surface area (Å²) in [6.45, 7) is 3.03. The van der Waals surface area contributed by atoms with Crippen LogP contribution in [-0.2, 0) is 11.8 Å². The van der Waals surface area contributed by atoms with E-state index in [4.69, 9.17) is 9.47 Å². The zero-order chi connectivity index (χ0) is 29.8. The number of benzene rings is 4. The van der Waals surface area contributed by atoms with Gasteiger partial charge in [0.2, 0.25) is 5.91 Å². The van der Waals surface area contributed by atoms with Gasteiger partial charge in [0.1, 0.15) is 0 Å². The lowest BCUT2D eigenvalue weighted by Crippen LogP contribution is -2.50. The van der Waals surface area contributed by atoms with Gasteiger partial charge in [0.15, 0.2) is 11.5 Å². The Hall–Kier alpha value is -4.55. The molecule has 43 heavy (non-hydrogen) atoms. The van der Waals surface area contributed by atoms with Gasteiger partial charge in [-0.2, -0.15) is 0 Å². The van der Waals surface area contributed by atoms with Crippen molar-refractivity contribution in [3.63, 3.8) is 0 Å². The number of aromatic nitrogens is 1. The van der Waals surface area contributed by atoms with Crippen LogP contribution in [0, 0.1) is 0 Å². The Balaban J connectivity index is 1.25. The van der Waals surface area contributed by atoms with E-state index in [2.05, 4.69) is 114 Å². The third kappa shape index (κ3) is 5.88. The van der Waals surface area contributed by atoms with Crippen LogP contribution in [0.2, 0.25) is 0 Å². The third-order valence-electron chi connectivity index (χ3n) is 8.75. The summed E-state index contributed by atoms with van der Waals surface area (Å²) in [5, 5.41) is 1.16. The highest BCUT2D eigenvalue weighted by molar-refractivity contribution is 5.86. The molecule has 4 aromatic carbocycles. The molecule has 1 amide bonds. The van der Waals surface area contributed by atoms with Gasteiger partial charge in [-0.3, -0.25) is 9.69 Å². The molecule has 1 fully saturated rings. The van der Waals surface area contributed by atoms with Gasteiger partial charge in [0, 0.05) is 62.7 Å². The molecule has 0 saturated carbocycles. The second-order valence-electron chi connectivity index (χ2n) is 11.2. The van der Waals surface area contributed by atoms with E-state index in [1.54, 1.807) is 14.2 Å². The predicted octanol–water partition coefficient (Wildman–Crippen LogP) is 6.65. The number of carbonyl (C=O) groups excluding carboxylic acids is 1. The minimum atomic E-state index is -0.127. The van der Waals surface area contributed by atoms with Crippen molar-refractivity contribution >= 4 is 16.8 Å². The van der Waals surface area contributed by atoms with Crippen molar-refractivity contribution in [1.29, 1.82) is 0 Å². The first-order valence-corrected chi connectivity index (χ1v) is 14.9. The summed E-state index contributed by atoms with van der Waals surface area (Å²) < 4.78 is 13.3. The molecule has 1 atom stereocenters. The molecule has 0 spiro atoms. The molecule has 0 N–H and O–H groups in total. The number of amides is 1. The Labute approximate surface area is 254 Å². The summed E-state index contributed by atoms with van der Waals surface area (Å²) in [4.78, 5) is 18.6. The molecule has 6 rings (SSSR count). The fourth-order valence-electron chi connectivity index (χ4n) is 6.55. The molecule has 0 radical (unpaired) electrons. The van der Waals surface area contributed by atoms with E-state index in [0.29, 0.717) is 31.0 Å². The first kappa shape index (κ1) is 28.6. The zero-order valence-corrected chi connectivity index (χ0v) is 25.1. The molecule has 6 nitrogen and oxygen atoms in total. The van der Waals surface area contributed by atoms with Gasteiger partial charge in [-0.15, -0.1) is 0 Å². The second kappa shape index (κ2) is 12.8. The maximum Gasteiger partial charge on any atom is 0.223 e. The Kier molecular flexibility index (Phi) is 8.47. The molecule has 5 aromatic rings. The molecular weight excluding hydrogens is 534 g/mol. The van der Waals surface area contributed by atoms with Crippen LogP contribution < -0.4 is 9.47 Å². The summed E-state index contributed by atoms with van der Waals surface area (Å²) in [6, 6.07) is 35.9. The van der Waals surface area contributed by atoms with E-state index in [1.165, 1.54) is 11.1 Å². The molecule has 1 saturated heterocycles. The smallest absolute Gasteiger partial charge is 0.223 e. The third-order valence-corrected chi connectivity index (χ3v) is 8.75. The fourth-order valence-corrected chi connectivity index (χ4v) is 6.55. The average Bonchev–Trinajstić information content (AvgIpc) is 3.40. The molecule has 2 heterocycles. The summed E-state index contributed by atoms with van der Waals surface area (Å²) in [7, 11) is 5.36. The number of ether oxygens (including phenoxy) is 2. The van der Waals surface area contributed by atoms with E-state index in [0.717, 1.165) is 35.1 Å². The van der Waals surface area contributed by atoms with Crippen molar-refractivity contribution in [1.82, 2.24) is 14.4 Å². The Bertz CT molecular complexity index is 1630. The molecule has 0 unspecified atom stereocenters. The molecule has 1 aliphatic rings. The van der Waals surface area contributed by atoms with Crippen LogP contribution in [0.1, 0.15) is 40.6 Å². The monoisotopic (exact) mass is 573 g/mol. The summed E-state index contributed by atoms with van der Waals surface area (Å²) in [5.74, 6) is 1.39. The minimum absolute atomic E-state index is 0.127. The fraction of sp³-hybridized carbons (Fsp3) is 0.270. The van der Waals surface area contributed by atoms with Crippen molar-refractivity contribution in [2.24, 2.45) is 7.05 Å². The minimum Gasteiger partial charge on any atom is -0.493 e. The Morgan fingerprint density at radius 2 is 1.33 bits per heavy atom. The molecule has 6 heteroatoms. The molecular formula is C37H39N3O3. The highest BCUT2D eigenvalue weighted by Gasteiger charge is 2.30. The van der Waals surface area contributed by atoms with Gasteiger partial charge in [0.05, 0.1) is 20.3 Å². The normalized spacial score (nSPS) is 14.7. The van der Waals surface area contributed by atoms with Crippen molar-refractivity contribution < 1.29 is 14.3 Å². The number of carbonyl (C=O) groups is 1. The second-order valence-corrected chi connectivity index (χ2v) is 11.2. The van der Waals surface area contributed by atoms with Gasteiger partial charge >= 0.3 is 0 Å². The standard InChI is InChI=1S/C37H39N3O3/c1-38-26-32(30-16-10-11-17-33(30)38)31(29-18-19-34(42-2)35(24-29)43-3)25-36(41)39-20-22-40(23-21-39)37(27-12-6-4-7-13-27)28-14-8-5-9-15-28/h4-19,24,26,31,37H,20-23,25H2,1-3H3/t31-/m0/s1. The van der Waals surface area contributed by atoms with Crippen LogP contribution in [0.3, 0.4) is 0 Å². The summed E-state index contributed by atoms with van der Waals surface area (Å²) >= 11 is 0.